The van der Waals surface area contributed by atoms with E-state index in [-0.39, 0.29) is 0 Å². The zero-order valence-electron chi connectivity index (χ0n) is 9.59. The number of nitrogens with one attached hydrogen (secondary N) is 1. The van der Waals surface area contributed by atoms with Crippen LogP contribution in [-0.2, 0) is 4.74 Å². The summed E-state index contributed by atoms with van der Waals surface area (Å²) in [7, 11) is 3.84. The van der Waals surface area contributed by atoms with Crippen molar-refractivity contribution in [2.24, 2.45) is 0 Å². The number of nitrogens with zero attached hydrogens (tertiary/aromatic N) is 1. The highest BCUT2D eigenvalue weighted by Gasteiger charge is 2.19. The van der Waals surface area contributed by atoms with Gasteiger partial charge in [0, 0.05) is 26.3 Å². The molecule has 0 amide bonds. The molecule has 1 N–H and O–H groups in total. The zero-order valence-corrected chi connectivity index (χ0v) is 9.59. The van der Waals surface area contributed by atoms with Crippen molar-refractivity contribution in [1.29, 1.82) is 0 Å². The van der Waals surface area contributed by atoms with Crippen molar-refractivity contribution in [3.8, 4) is 0 Å². The average Bonchev–Trinajstić information content (AvgIpc) is 2.65. The Morgan fingerprint density at radius 2 is 2.21 bits per heavy atom. The molecule has 1 saturated heterocycles. The predicted molar refractivity (Wildman–Crippen MR) is 59.6 cm³/mol. The third kappa shape index (κ3) is 4.40. The smallest absolute Gasteiger partial charge is 0.0462 e. The fraction of sp³-hybridized carbons (Fsp3) is 1.00. The number of hydrogen-bond acceptors (Lipinski definition) is 3. The van der Waals surface area contributed by atoms with Gasteiger partial charge in [-0.1, -0.05) is 0 Å². The predicted octanol–water partition coefficient (Wildman–Crippen LogP) is 1.10. The molecule has 0 aromatic carbocycles. The van der Waals surface area contributed by atoms with Crippen LogP contribution in [0, 0.1) is 0 Å². The number of rotatable bonds is 7. The van der Waals surface area contributed by atoms with Crippen molar-refractivity contribution < 1.29 is 4.74 Å². The Hall–Kier alpha value is -0.120. The van der Waals surface area contributed by atoms with Gasteiger partial charge in [-0.2, -0.15) is 0 Å². The lowest BCUT2D eigenvalue weighted by molar-refractivity contribution is 0.190. The van der Waals surface area contributed by atoms with Crippen LogP contribution in [0.5, 0.6) is 0 Å². The maximum atomic E-state index is 5.02. The van der Waals surface area contributed by atoms with Gasteiger partial charge in [-0.3, -0.25) is 0 Å². The van der Waals surface area contributed by atoms with E-state index in [4.69, 9.17) is 4.74 Å². The minimum atomic E-state index is 0.731. The van der Waals surface area contributed by atoms with E-state index < -0.39 is 0 Å². The molecule has 0 spiro atoms. The number of likely N-dealkylation sites (N-methyl/N-ethyl adjacent to an activating group) is 1. The first kappa shape index (κ1) is 12.0. The number of unbranched alkanes of at least 4 members (excludes halogenated alkanes) is 2. The molecule has 0 saturated carbocycles. The third-order valence-electron chi connectivity index (χ3n) is 3.00. The standard InChI is InChI=1S/C11H24N2O/c1-12-11-6-8-13(10-11)7-4-3-5-9-14-2/h11-12H,3-10H2,1-2H3. The second-order valence-corrected chi connectivity index (χ2v) is 4.13. The van der Waals surface area contributed by atoms with E-state index in [1.54, 1.807) is 7.11 Å². The maximum absolute atomic E-state index is 5.02. The topological polar surface area (TPSA) is 24.5 Å². The SMILES string of the molecule is CNC1CCN(CCCCCOC)C1. The van der Waals surface area contributed by atoms with Crippen molar-refractivity contribution >= 4 is 0 Å². The van der Waals surface area contributed by atoms with Gasteiger partial charge in [0.1, 0.15) is 0 Å². The van der Waals surface area contributed by atoms with E-state index in [9.17, 15) is 0 Å². The molecule has 3 nitrogen and oxygen atoms in total. The van der Waals surface area contributed by atoms with E-state index in [2.05, 4.69) is 17.3 Å². The molecule has 14 heavy (non-hydrogen) atoms. The first-order valence-corrected chi connectivity index (χ1v) is 5.75. The summed E-state index contributed by atoms with van der Waals surface area (Å²) >= 11 is 0. The van der Waals surface area contributed by atoms with Crippen molar-refractivity contribution in [3.05, 3.63) is 0 Å². The van der Waals surface area contributed by atoms with E-state index in [1.807, 2.05) is 0 Å². The molecule has 84 valence electrons. The first-order chi connectivity index (χ1) is 6.86. The van der Waals surface area contributed by atoms with Crippen LogP contribution in [0.3, 0.4) is 0 Å². The Labute approximate surface area is 87.8 Å². The van der Waals surface area contributed by atoms with Crippen LogP contribution < -0.4 is 5.32 Å². The summed E-state index contributed by atoms with van der Waals surface area (Å²) in [4.78, 5) is 2.56. The van der Waals surface area contributed by atoms with E-state index in [1.165, 1.54) is 45.3 Å². The minimum absolute atomic E-state index is 0.731. The summed E-state index contributed by atoms with van der Waals surface area (Å²) in [6.07, 6.45) is 5.14. The monoisotopic (exact) mass is 200 g/mol. The lowest BCUT2D eigenvalue weighted by atomic mass is 10.2. The molecular weight excluding hydrogens is 176 g/mol. The molecule has 1 aliphatic heterocycles. The van der Waals surface area contributed by atoms with Crippen molar-refractivity contribution in [2.45, 2.75) is 31.7 Å². The van der Waals surface area contributed by atoms with Crippen molar-refractivity contribution in [1.82, 2.24) is 10.2 Å². The zero-order chi connectivity index (χ0) is 10.2. The molecule has 1 rings (SSSR count). The fourth-order valence-electron chi connectivity index (χ4n) is 2.03. The van der Waals surface area contributed by atoms with Gasteiger partial charge < -0.3 is 15.0 Å². The summed E-state index contributed by atoms with van der Waals surface area (Å²) < 4.78 is 5.02. The van der Waals surface area contributed by atoms with Crippen LogP contribution in [0.15, 0.2) is 0 Å². The van der Waals surface area contributed by atoms with Crippen LogP contribution in [0.1, 0.15) is 25.7 Å². The van der Waals surface area contributed by atoms with E-state index in [0.29, 0.717) is 0 Å². The molecule has 1 unspecified atom stereocenters. The molecule has 1 fully saturated rings. The minimum Gasteiger partial charge on any atom is -0.385 e. The van der Waals surface area contributed by atoms with Crippen LogP contribution in [0.4, 0.5) is 0 Å². The van der Waals surface area contributed by atoms with Gasteiger partial charge in [-0.25, -0.2) is 0 Å². The fourth-order valence-corrected chi connectivity index (χ4v) is 2.03. The lowest BCUT2D eigenvalue weighted by Gasteiger charge is -2.15. The highest BCUT2D eigenvalue weighted by molar-refractivity contribution is 4.79. The summed E-state index contributed by atoms with van der Waals surface area (Å²) in [5.74, 6) is 0. The quantitative estimate of drug-likeness (QED) is 0.623. The summed E-state index contributed by atoms with van der Waals surface area (Å²) in [5.41, 5.74) is 0. The molecule has 1 atom stereocenters. The normalized spacial score (nSPS) is 23.1. The summed E-state index contributed by atoms with van der Waals surface area (Å²) in [6, 6.07) is 0.731. The summed E-state index contributed by atoms with van der Waals surface area (Å²) in [5, 5.41) is 3.34. The largest absolute Gasteiger partial charge is 0.385 e. The van der Waals surface area contributed by atoms with Gasteiger partial charge in [0.15, 0.2) is 0 Å². The summed E-state index contributed by atoms with van der Waals surface area (Å²) in [6.45, 7) is 4.69. The third-order valence-corrected chi connectivity index (χ3v) is 3.00. The Bertz CT molecular complexity index is 141. The average molecular weight is 200 g/mol. The number of methoxy groups -OCH3 is 1. The van der Waals surface area contributed by atoms with E-state index >= 15 is 0 Å². The Morgan fingerprint density at radius 1 is 1.36 bits per heavy atom. The van der Waals surface area contributed by atoms with Crippen LogP contribution in [0.2, 0.25) is 0 Å². The van der Waals surface area contributed by atoms with Gasteiger partial charge in [0.05, 0.1) is 0 Å². The number of ether oxygens (including phenoxy) is 1. The highest BCUT2D eigenvalue weighted by atomic mass is 16.5. The Morgan fingerprint density at radius 3 is 2.86 bits per heavy atom. The maximum Gasteiger partial charge on any atom is 0.0462 e. The molecule has 1 heterocycles. The van der Waals surface area contributed by atoms with Gasteiger partial charge in [-0.15, -0.1) is 0 Å². The molecule has 3 heteroatoms. The lowest BCUT2D eigenvalue weighted by Crippen LogP contribution is -2.30. The van der Waals surface area contributed by atoms with Gasteiger partial charge in [0.25, 0.3) is 0 Å². The van der Waals surface area contributed by atoms with Crippen LogP contribution >= 0.6 is 0 Å². The van der Waals surface area contributed by atoms with Crippen LogP contribution in [0.25, 0.3) is 0 Å². The van der Waals surface area contributed by atoms with Crippen molar-refractivity contribution in [2.75, 3.05) is 40.4 Å². The molecule has 0 aliphatic carbocycles. The van der Waals surface area contributed by atoms with Gasteiger partial charge in [0.2, 0.25) is 0 Å². The second kappa shape index (κ2) is 7.21. The van der Waals surface area contributed by atoms with E-state index in [0.717, 1.165) is 12.6 Å². The van der Waals surface area contributed by atoms with Gasteiger partial charge >= 0.3 is 0 Å². The highest BCUT2D eigenvalue weighted by Crippen LogP contribution is 2.09. The molecule has 0 aromatic heterocycles. The van der Waals surface area contributed by atoms with Crippen LogP contribution in [-0.4, -0.2) is 51.3 Å². The Balaban J connectivity index is 1.92. The van der Waals surface area contributed by atoms with Crippen molar-refractivity contribution in [3.63, 3.8) is 0 Å². The molecular formula is C11H24N2O. The number of hydrogen-bond donors (Lipinski definition) is 1. The molecule has 1 aliphatic rings. The molecule has 0 radical (unpaired) electrons. The first-order valence-electron chi connectivity index (χ1n) is 5.75. The molecule has 0 aromatic rings. The second-order valence-electron chi connectivity index (χ2n) is 4.13. The van der Waals surface area contributed by atoms with Gasteiger partial charge in [-0.05, 0) is 45.8 Å². The number of likely N-dealkylation sites (tertiary alicyclic amines) is 1. The Kier molecular flexibility index (Phi) is 6.15. The molecule has 0 bridgehead atoms.